The van der Waals surface area contributed by atoms with Gasteiger partial charge in [0.1, 0.15) is 0 Å². The number of piperazine rings is 1. The van der Waals surface area contributed by atoms with E-state index in [0.717, 1.165) is 32.7 Å². The Hall–Kier alpha value is -1.14. The molecular weight excluding hydrogens is 258 g/mol. The van der Waals surface area contributed by atoms with Crippen LogP contribution in [0.15, 0.2) is 0 Å². The number of piperidine rings is 1. The number of nitrogens with zero attached hydrogens (tertiary/aromatic N) is 3. The van der Waals surface area contributed by atoms with Gasteiger partial charge < -0.3 is 14.9 Å². The van der Waals surface area contributed by atoms with E-state index in [-0.39, 0.29) is 11.8 Å². The fourth-order valence-electron chi connectivity index (χ4n) is 2.93. The molecule has 2 heterocycles. The smallest absolute Gasteiger partial charge is 0.306 e. The van der Waals surface area contributed by atoms with Gasteiger partial charge in [0, 0.05) is 39.3 Å². The molecule has 1 N–H and O–H groups in total. The van der Waals surface area contributed by atoms with Crippen molar-refractivity contribution in [3.05, 3.63) is 0 Å². The minimum Gasteiger partial charge on any atom is -0.481 e. The Morgan fingerprint density at radius 3 is 2.05 bits per heavy atom. The predicted octanol–water partition coefficient (Wildman–Crippen LogP) is -0.0529. The highest BCUT2D eigenvalue weighted by Crippen LogP contribution is 2.17. The molecule has 2 fully saturated rings. The van der Waals surface area contributed by atoms with Crippen molar-refractivity contribution in [3.8, 4) is 0 Å². The fourth-order valence-corrected chi connectivity index (χ4v) is 2.93. The zero-order valence-corrected chi connectivity index (χ0v) is 12.3. The number of amides is 1. The van der Waals surface area contributed by atoms with Crippen LogP contribution in [0.2, 0.25) is 0 Å². The van der Waals surface area contributed by atoms with Crippen LogP contribution in [0, 0.1) is 5.92 Å². The van der Waals surface area contributed by atoms with Gasteiger partial charge in [0.25, 0.3) is 0 Å². The van der Waals surface area contributed by atoms with Crippen LogP contribution >= 0.6 is 0 Å². The molecule has 1 amide bonds. The zero-order chi connectivity index (χ0) is 14.5. The first-order chi connectivity index (χ1) is 9.60. The molecule has 2 saturated heterocycles. The number of hydrogen-bond acceptors (Lipinski definition) is 4. The molecule has 0 spiro atoms. The van der Waals surface area contributed by atoms with Gasteiger partial charge in [0.05, 0.1) is 12.5 Å². The Labute approximate surface area is 120 Å². The van der Waals surface area contributed by atoms with Crippen molar-refractivity contribution in [2.24, 2.45) is 5.92 Å². The molecule has 6 heteroatoms. The third-order valence-corrected chi connectivity index (χ3v) is 4.47. The van der Waals surface area contributed by atoms with E-state index in [9.17, 15) is 9.59 Å². The molecule has 0 atom stereocenters. The summed E-state index contributed by atoms with van der Waals surface area (Å²) in [6, 6.07) is 0. The van der Waals surface area contributed by atoms with E-state index in [1.165, 1.54) is 0 Å². The van der Waals surface area contributed by atoms with E-state index in [4.69, 9.17) is 5.11 Å². The fraction of sp³-hybridized carbons (Fsp3) is 0.857. The first-order valence-electron chi connectivity index (χ1n) is 7.55. The second kappa shape index (κ2) is 7.04. The largest absolute Gasteiger partial charge is 0.481 e. The average molecular weight is 283 g/mol. The summed E-state index contributed by atoms with van der Waals surface area (Å²) in [5.41, 5.74) is 0. The normalized spacial score (nSPS) is 22.9. The summed E-state index contributed by atoms with van der Waals surface area (Å²) >= 11 is 0. The number of likely N-dealkylation sites (N-methyl/N-ethyl adjacent to an activating group) is 1. The van der Waals surface area contributed by atoms with Gasteiger partial charge in [-0.05, 0) is 19.4 Å². The number of carbonyl (C=O) groups excluding carboxylic acids is 1. The lowest BCUT2D eigenvalue weighted by Gasteiger charge is -2.36. The Morgan fingerprint density at radius 2 is 1.55 bits per heavy atom. The number of aliphatic carboxylic acids is 1. The van der Waals surface area contributed by atoms with E-state index in [0.29, 0.717) is 32.5 Å². The monoisotopic (exact) mass is 283 g/mol. The Morgan fingerprint density at radius 1 is 1.00 bits per heavy atom. The lowest BCUT2D eigenvalue weighted by molar-refractivity contribution is -0.146. The summed E-state index contributed by atoms with van der Waals surface area (Å²) in [4.78, 5) is 29.5. The molecule has 0 unspecified atom stereocenters. The maximum absolute atomic E-state index is 12.2. The summed E-state index contributed by atoms with van der Waals surface area (Å²) < 4.78 is 0. The Balaban J connectivity index is 1.72. The van der Waals surface area contributed by atoms with Crippen LogP contribution in [0.5, 0.6) is 0 Å². The number of rotatable bonds is 4. The summed E-state index contributed by atoms with van der Waals surface area (Å²) in [7, 11) is 0. The molecule has 0 aromatic carbocycles. The summed E-state index contributed by atoms with van der Waals surface area (Å²) in [6.07, 6.45) is 1.18. The highest BCUT2D eigenvalue weighted by atomic mass is 16.4. The van der Waals surface area contributed by atoms with Crippen molar-refractivity contribution in [1.82, 2.24) is 14.7 Å². The van der Waals surface area contributed by atoms with Crippen LogP contribution in [-0.4, -0.2) is 84.0 Å². The van der Waals surface area contributed by atoms with Crippen molar-refractivity contribution in [2.75, 3.05) is 52.4 Å². The predicted molar refractivity (Wildman–Crippen MR) is 75.5 cm³/mol. The third kappa shape index (κ3) is 3.93. The van der Waals surface area contributed by atoms with Gasteiger partial charge in [-0.3, -0.25) is 14.5 Å². The van der Waals surface area contributed by atoms with Crippen LogP contribution in [0.3, 0.4) is 0 Å². The van der Waals surface area contributed by atoms with Crippen molar-refractivity contribution >= 4 is 11.9 Å². The van der Waals surface area contributed by atoms with E-state index >= 15 is 0 Å². The van der Waals surface area contributed by atoms with Gasteiger partial charge >= 0.3 is 5.97 Å². The summed E-state index contributed by atoms with van der Waals surface area (Å²) in [5, 5.41) is 8.96. The van der Waals surface area contributed by atoms with E-state index in [1.54, 1.807) is 0 Å². The molecule has 0 aliphatic carbocycles. The number of carbonyl (C=O) groups is 2. The average Bonchev–Trinajstić information content (AvgIpc) is 2.48. The molecule has 2 aliphatic rings. The number of carboxylic acid groups (broad SMARTS) is 1. The molecule has 0 saturated carbocycles. The first-order valence-corrected chi connectivity index (χ1v) is 7.55. The molecule has 20 heavy (non-hydrogen) atoms. The quantitative estimate of drug-likeness (QED) is 0.783. The van der Waals surface area contributed by atoms with Crippen LogP contribution < -0.4 is 0 Å². The number of carboxylic acids is 1. The summed E-state index contributed by atoms with van der Waals surface area (Å²) in [6.45, 7) is 8.86. The van der Waals surface area contributed by atoms with Crippen LogP contribution in [-0.2, 0) is 9.59 Å². The minimum absolute atomic E-state index is 0.152. The van der Waals surface area contributed by atoms with Gasteiger partial charge in [-0.1, -0.05) is 6.92 Å². The van der Waals surface area contributed by atoms with E-state index in [2.05, 4.69) is 16.7 Å². The molecule has 2 aliphatic heterocycles. The van der Waals surface area contributed by atoms with Gasteiger partial charge in [0.15, 0.2) is 0 Å². The maximum Gasteiger partial charge on any atom is 0.306 e. The molecule has 0 aromatic heterocycles. The van der Waals surface area contributed by atoms with Crippen LogP contribution in [0.25, 0.3) is 0 Å². The van der Waals surface area contributed by atoms with Gasteiger partial charge in [0.2, 0.25) is 5.91 Å². The highest BCUT2D eigenvalue weighted by molar-refractivity contribution is 5.79. The molecule has 6 nitrogen and oxygen atoms in total. The molecule has 2 rings (SSSR count). The lowest BCUT2D eigenvalue weighted by Crippen LogP contribution is -2.51. The van der Waals surface area contributed by atoms with E-state index < -0.39 is 5.97 Å². The van der Waals surface area contributed by atoms with E-state index in [1.807, 2.05) is 4.90 Å². The standard InChI is InChI=1S/C14H25N3O3/c1-2-15-7-9-16(10-8-15)11-13(18)17-5-3-12(4-6-17)14(19)20/h12H,2-11H2,1H3,(H,19,20). The van der Waals surface area contributed by atoms with Crippen LogP contribution in [0.4, 0.5) is 0 Å². The second-order valence-electron chi connectivity index (χ2n) is 5.70. The van der Waals surface area contributed by atoms with Gasteiger partial charge in [-0.2, -0.15) is 0 Å². The summed E-state index contributed by atoms with van der Waals surface area (Å²) in [5.74, 6) is -0.848. The Bertz CT molecular complexity index is 346. The van der Waals surface area contributed by atoms with Crippen LogP contribution in [0.1, 0.15) is 19.8 Å². The molecule has 0 bridgehead atoms. The van der Waals surface area contributed by atoms with Crippen molar-refractivity contribution in [2.45, 2.75) is 19.8 Å². The molecular formula is C14H25N3O3. The van der Waals surface area contributed by atoms with Gasteiger partial charge in [-0.25, -0.2) is 0 Å². The Kier molecular flexibility index (Phi) is 5.37. The first kappa shape index (κ1) is 15.3. The molecule has 0 aromatic rings. The molecule has 114 valence electrons. The molecule has 0 radical (unpaired) electrons. The minimum atomic E-state index is -0.729. The van der Waals surface area contributed by atoms with Gasteiger partial charge in [-0.15, -0.1) is 0 Å². The number of likely N-dealkylation sites (tertiary alicyclic amines) is 1. The second-order valence-corrected chi connectivity index (χ2v) is 5.70. The zero-order valence-electron chi connectivity index (χ0n) is 12.3. The highest BCUT2D eigenvalue weighted by Gasteiger charge is 2.28. The van der Waals surface area contributed by atoms with Crippen molar-refractivity contribution in [3.63, 3.8) is 0 Å². The van der Waals surface area contributed by atoms with Crippen molar-refractivity contribution in [1.29, 1.82) is 0 Å². The maximum atomic E-state index is 12.2. The third-order valence-electron chi connectivity index (χ3n) is 4.47. The topological polar surface area (TPSA) is 64.1 Å². The lowest BCUT2D eigenvalue weighted by atomic mass is 9.97. The SMILES string of the molecule is CCN1CCN(CC(=O)N2CCC(C(=O)O)CC2)CC1. The van der Waals surface area contributed by atoms with Crippen molar-refractivity contribution < 1.29 is 14.7 Å². The number of hydrogen-bond donors (Lipinski definition) is 1.